The molecule has 1 aromatic carbocycles. The average Bonchev–Trinajstić information content (AvgIpc) is 2.77. The molecule has 0 saturated carbocycles. The highest BCUT2D eigenvalue weighted by molar-refractivity contribution is 6.67. The van der Waals surface area contributed by atoms with Crippen molar-refractivity contribution in [2.24, 2.45) is 0 Å². The number of benzene rings is 1. The van der Waals surface area contributed by atoms with Gasteiger partial charge in [0.25, 0.3) is 5.24 Å². The Kier molecular flexibility index (Phi) is 3.17. The van der Waals surface area contributed by atoms with Gasteiger partial charge in [-0.15, -0.1) is 0 Å². The van der Waals surface area contributed by atoms with Gasteiger partial charge in [0.2, 0.25) is 0 Å². The fourth-order valence-electron chi connectivity index (χ4n) is 1.44. The summed E-state index contributed by atoms with van der Waals surface area (Å²) in [5, 5.41) is -0.725. The van der Waals surface area contributed by atoms with Gasteiger partial charge in [0.15, 0.2) is 0 Å². The molecule has 2 aromatic rings. The molecule has 0 saturated heterocycles. The fraction of sp³-hybridized carbons (Fsp3) is 0.0833. The molecule has 6 heteroatoms. The van der Waals surface area contributed by atoms with Crippen LogP contribution in [0.15, 0.2) is 41.0 Å². The van der Waals surface area contributed by atoms with Crippen LogP contribution in [0, 0.1) is 0 Å². The molecule has 0 bridgehead atoms. The van der Waals surface area contributed by atoms with Gasteiger partial charge in [0.1, 0.15) is 12.0 Å². The molecule has 0 spiro atoms. The van der Waals surface area contributed by atoms with Gasteiger partial charge in [-0.2, -0.15) is 13.2 Å². The lowest BCUT2D eigenvalue weighted by Crippen LogP contribution is -2.04. The Hall–Kier alpha value is -1.75. The van der Waals surface area contributed by atoms with E-state index < -0.39 is 17.0 Å². The lowest BCUT2D eigenvalue weighted by Gasteiger charge is -2.07. The van der Waals surface area contributed by atoms with Gasteiger partial charge in [-0.05, 0) is 29.8 Å². The summed E-state index contributed by atoms with van der Waals surface area (Å²) in [7, 11) is 0. The second kappa shape index (κ2) is 4.49. The van der Waals surface area contributed by atoms with E-state index in [1.165, 1.54) is 18.2 Å². The van der Waals surface area contributed by atoms with E-state index >= 15 is 0 Å². The molecule has 0 fully saturated rings. The third-order valence-corrected chi connectivity index (χ3v) is 2.52. The van der Waals surface area contributed by atoms with Gasteiger partial charge in [0.05, 0.1) is 11.1 Å². The van der Waals surface area contributed by atoms with E-state index in [-0.39, 0.29) is 16.9 Å². The highest BCUT2D eigenvalue weighted by Crippen LogP contribution is 2.32. The summed E-state index contributed by atoms with van der Waals surface area (Å²) in [5.74, 6) is 0.158. The first-order valence-electron chi connectivity index (χ1n) is 4.84. The van der Waals surface area contributed by atoms with Crippen molar-refractivity contribution in [3.63, 3.8) is 0 Å². The highest BCUT2D eigenvalue weighted by atomic mass is 35.5. The monoisotopic (exact) mass is 274 g/mol. The minimum Gasteiger partial charge on any atom is -0.464 e. The Balaban J connectivity index is 2.41. The number of hydrogen-bond acceptors (Lipinski definition) is 2. The van der Waals surface area contributed by atoms with Gasteiger partial charge in [0, 0.05) is 5.56 Å². The molecule has 18 heavy (non-hydrogen) atoms. The predicted molar refractivity (Wildman–Crippen MR) is 59.3 cm³/mol. The minimum absolute atomic E-state index is 0.101. The minimum atomic E-state index is -4.42. The molecule has 0 unspecified atom stereocenters. The molecule has 2 rings (SSSR count). The first kappa shape index (κ1) is 12.7. The van der Waals surface area contributed by atoms with Crippen molar-refractivity contribution in [3.8, 4) is 11.3 Å². The summed E-state index contributed by atoms with van der Waals surface area (Å²) in [6.45, 7) is 0. The lowest BCUT2D eigenvalue weighted by atomic mass is 10.1. The summed E-state index contributed by atoms with van der Waals surface area (Å²) < 4.78 is 42.5. The molecule has 1 aromatic heterocycles. The molecule has 0 aliphatic rings. The third kappa shape index (κ3) is 2.56. The SMILES string of the molecule is O=C(Cl)c1coc(-c2cccc(C(F)(F)F)c2)c1. The second-order valence-electron chi connectivity index (χ2n) is 3.55. The molecule has 94 valence electrons. The first-order chi connectivity index (χ1) is 8.38. The summed E-state index contributed by atoms with van der Waals surface area (Å²) in [6, 6.07) is 5.92. The van der Waals surface area contributed by atoms with Crippen LogP contribution in [0.4, 0.5) is 13.2 Å². The van der Waals surface area contributed by atoms with Gasteiger partial charge >= 0.3 is 6.18 Å². The van der Waals surface area contributed by atoms with Crippen LogP contribution < -0.4 is 0 Å². The zero-order valence-corrected chi connectivity index (χ0v) is 9.55. The molecule has 0 N–H and O–H groups in total. The van der Waals surface area contributed by atoms with Crippen LogP contribution in [0.5, 0.6) is 0 Å². The first-order valence-corrected chi connectivity index (χ1v) is 5.22. The molecule has 0 amide bonds. The van der Waals surface area contributed by atoms with E-state index in [1.54, 1.807) is 0 Å². The molecule has 2 nitrogen and oxygen atoms in total. The molecular weight excluding hydrogens is 269 g/mol. The number of carbonyl (C=O) groups is 1. The van der Waals surface area contributed by atoms with Crippen LogP contribution in [0.2, 0.25) is 0 Å². The largest absolute Gasteiger partial charge is 0.464 e. The number of rotatable bonds is 2. The molecule has 1 heterocycles. The summed E-state index contributed by atoms with van der Waals surface area (Å²) in [5.41, 5.74) is -0.451. The van der Waals surface area contributed by atoms with Crippen LogP contribution in [0.25, 0.3) is 11.3 Å². The van der Waals surface area contributed by atoms with E-state index in [1.807, 2.05) is 0 Å². The highest BCUT2D eigenvalue weighted by Gasteiger charge is 2.30. The topological polar surface area (TPSA) is 30.2 Å². The zero-order valence-electron chi connectivity index (χ0n) is 8.79. The smallest absolute Gasteiger partial charge is 0.416 e. The van der Waals surface area contributed by atoms with Crippen molar-refractivity contribution < 1.29 is 22.4 Å². The standard InChI is InChI=1S/C12H6ClF3O2/c13-11(17)8-5-10(18-6-8)7-2-1-3-9(4-7)12(14,15)16/h1-6H. The predicted octanol–water partition coefficient (Wildman–Crippen LogP) is 4.34. The van der Waals surface area contributed by atoms with Crippen molar-refractivity contribution in [3.05, 3.63) is 47.7 Å². The Morgan fingerprint density at radius 2 is 1.94 bits per heavy atom. The van der Waals surface area contributed by atoms with E-state index in [4.69, 9.17) is 16.0 Å². The van der Waals surface area contributed by atoms with E-state index in [0.29, 0.717) is 0 Å². The van der Waals surface area contributed by atoms with Gasteiger partial charge < -0.3 is 4.42 Å². The van der Waals surface area contributed by atoms with Crippen molar-refractivity contribution in [1.82, 2.24) is 0 Å². The summed E-state index contributed by atoms with van der Waals surface area (Å²) >= 11 is 5.23. The summed E-state index contributed by atoms with van der Waals surface area (Å²) in [6.07, 6.45) is -3.32. The Morgan fingerprint density at radius 1 is 1.22 bits per heavy atom. The normalized spacial score (nSPS) is 11.6. The van der Waals surface area contributed by atoms with Crippen LogP contribution in [0.3, 0.4) is 0 Å². The summed E-state index contributed by atoms with van der Waals surface area (Å²) in [4.78, 5) is 10.8. The zero-order chi connectivity index (χ0) is 13.3. The fourth-order valence-corrected chi connectivity index (χ4v) is 1.54. The quantitative estimate of drug-likeness (QED) is 0.762. The number of halogens is 4. The third-order valence-electron chi connectivity index (χ3n) is 2.30. The second-order valence-corrected chi connectivity index (χ2v) is 3.90. The van der Waals surface area contributed by atoms with E-state index in [9.17, 15) is 18.0 Å². The molecule has 0 aliphatic carbocycles. The van der Waals surface area contributed by atoms with Crippen molar-refractivity contribution in [1.29, 1.82) is 0 Å². The maximum atomic E-state index is 12.5. The number of carbonyl (C=O) groups excluding carboxylic acids is 1. The van der Waals surface area contributed by atoms with Crippen molar-refractivity contribution in [2.45, 2.75) is 6.18 Å². The number of furan rings is 1. The van der Waals surface area contributed by atoms with E-state index in [2.05, 4.69) is 0 Å². The number of hydrogen-bond donors (Lipinski definition) is 0. The van der Waals surface area contributed by atoms with Crippen LogP contribution in [0.1, 0.15) is 15.9 Å². The van der Waals surface area contributed by atoms with E-state index in [0.717, 1.165) is 18.4 Å². The molecular formula is C12H6ClF3O2. The van der Waals surface area contributed by atoms with Crippen molar-refractivity contribution in [2.75, 3.05) is 0 Å². The number of alkyl halides is 3. The molecule has 0 aliphatic heterocycles. The van der Waals surface area contributed by atoms with Crippen LogP contribution in [-0.4, -0.2) is 5.24 Å². The Labute approximate surface area is 105 Å². The van der Waals surface area contributed by atoms with Gasteiger partial charge in [-0.1, -0.05) is 12.1 Å². The maximum Gasteiger partial charge on any atom is 0.416 e. The van der Waals surface area contributed by atoms with Gasteiger partial charge in [-0.3, -0.25) is 4.79 Å². The van der Waals surface area contributed by atoms with Gasteiger partial charge in [-0.25, -0.2) is 0 Å². The Morgan fingerprint density at radius 3 is 2.50 bits per heavy atom. The van der Waals surface area contributed by atoms with Crippen molar-refractivity contribution >= 4 is 16.8 Å². The van der Waals surface area contributed by atoms with Crippen LogP contribution in [-0.2, 0) is 6.18 Å². The molecule has 0 radical (unpaired) electrons. The lowest BCUT2D eigenvalue weighted by molar-refractivity contribution is -0.137. The molecule has 0 atom stereocenters. The average molecular weight is 275 g/mol. The van der Waals surface area contributed by atoms with Crippen LogP contribution >= 0.6 is 11.6 Å². The maximum absolute atomic E-state index is 12.5. The Bertz CT molecular complexity index is 587.